The average molecular weight is 173 g/mol. The van der Waals surface area contributed by atoms with E-state index in [0.717, 1.165) is 13.1 Å². The van der Waals surface area contributed by atoms with Gasteiger partial charge >= 0.3 is 0 Å². The Kier molecular flexibility index (Phi) is 3.50. The molecule has 0 aromatic carbocycles. The SMILES string of the molecule is CC(C)(C)OCCOC1CNC1. The monoisotopic (exact) mass is 173 g/mol. The van der Waals surface area contributed by atoms with Gasteiger partial charge in [0.15, 0.2) is 0 Å². The second kappa shape index (κ2) is 4.21. The van der Waals surface area contributed by atoms with Crippen LogP contribution >= 0.6 is 0 Å². The summed E-state index contributed by atoms with van der Waals surface area (Å²) in [5, 5.41) is 3.15. The molecule has 1 fully saturated rings. The zero-order valence-corrected chi connectivity index (χ0v) is 8.22. The maximum atomic E-state index is 5.50. The van der Waals surface area contributed by atoms with Crippen molar-refractivity contribution < 1.29 is 9.47 Å². The van der Waals surface area contributed by atoms with Crippen molar-refractivity contribution in [2.75, 3.05) is 26.3 Å². The van der Waals surface area contributed by atoms with Crippen LogP contribution in [-0.2, 0) is 9.47 Å². The Hall–Kier alpha value is -0.120. The first-order chi connectivity index (χ1) is 5.58. The van der Waals surface area contributed by atoms with Gasteiger partial charge in [-0.05, 0) is 20.8 Å². The Morgan fingerprint density at radius 2 is 1.92 bits per heavy atom. The molecule has 1 aliphatic rings. The summed E-state index contributed by atoms with van der Waals surface area (Å²) in [4.78, 5) is 0. The molecule has 1 aliphatic heterocycles. The van der Waals surface area contributed by atoms with Gasteiger partial charge in [0.25, 0.3) is 0 Å². The second-order valence-electron chi connectivity index (χ2n) is 4.11. The molecule has 1 N–H and O–H groups in total. The van der Waals surface area contributed by atoms with Crippen LogP contribution in [0.25, 0.3) is 0 Å². The third-order valence-electron chi connectivity index (χ3n) is 1.72. The molecule has 3 nitrogen and oxygen atoms in total. The molecule has 0 bridgehead atoms. The number of rotatable bonds is 4. The zero-order valence-electron chi connectivity index (χ0n) is 8.22. The van der Waals surface area contributed by atoms with Gasteiger partial charge in [-0.3, -0.25) is 0 Å². The fraction of sp³-hybridized carbons (Fsp3) is 1.00. The van der Waals surface area contributed by atoms with Crippen molar-refractivity contribution in [3.05, 3.63) is 0 Å². The highest BCUT2D eigenvalue weighted by Gasteiger charge is 2.17. The van der Waals surface area contributed by atoms with Crippen molar-refractivity contribution in [1.82, 2.24) is 5.32 Å². The molecule has 0 aromatic rings. The average Bonchev–Trinajstić information content (AvgIpc) is 1.80. The third-order valence-corrected chi connectivity index (χ3v) is 1.72. The van der Waals surface area contributed by atoms with E-state index in [4.69, 9.17) is 9.47 Å². The quantitative estimate of drug-likeness (QED) is 0.638. The molecule has 1 heterocycles. The zero-order chi connectivity index (χ0) is 9.03. The van der Waals surface area contributed by atoms with Crippen LogP contribution in [0.15, 0.2) is 0 Å². The van der Waals surface area contributed by atoms with E-state index < -0.39 is 0 Å². The van der Waals surface area contributed by atoms with Crippen LogP contribution in [-0.4, -0.2) is 38.0 Å². The van der Waals surface area contributed by atoms with Gasteiger partial charge in [-0.15, -0.1) is 0 Å². The van der Waals surface area contributed by atoms with E-state index in [1.807, 2.05) is 0 Å². The molecule has 3 heteroatoms. The summed E-state index contributed by atoms with van der Waals surface area (Å²) in [5.74, 6) is 0. The number of ether oxygens (including phenoxy) is 2. The van der Waals surface area contributed by atoms with Crippen LogP contribution in [0.4, 0.5) is 0 Å². The largest absolute Gasteiger partial charge is 0.373 e. The Morgan fingerprint density at radius 1 is 1.25 bits per heavy atom. The van der Waals surface area contributed by atoms with Gasteiger partial charge in [-0.2, -0.15) is 0 Å². The third kappa shape index (κ3) is 4.04. The summed E-state index contributed by atoms with van der Waals surface area (Å²) < 4.78 is 11.0. The molecule has 0 aromatic heterocycles. The summed E-state index contributed by atoms with van der Waals surface area (Å²) in [6.07, 6.45) is 0.425. The smallest absolute Gasteiger partial charge is 0.0824 e. The second-order valence-corrected chi connectivity index (χ2v) is 4.11. The van der Waals surface area contributed by atoms with E-state index in [2.05, 4.69) is 26.1 Å². The lowest BCUT2D eigenvalue weighted by Gasteiger charge is -2.28. The Balaban J connectivity index is 1.88. The molecule has 1 saturated heterocycles. The van der Waals surface area contributed by atoms with E-state index >= 15 is 0 Å². The maximum Gasteiger partial charge on any atom is 0.0824 e. The van der Waals surface area contributed by atoms with Crippen LogP contribution in [0.5, 0.6) is 0 Å². The summed E-state index contributed by atoms with van der Waals surface area (Å²) >= 11 is 0. The molecule has 1 rings (SSSR count). The van der Waals surface area contributed by atoms with E-state index in [0.29, 0.717) is 19.3 Å². The molecule has 0 saturated carbocycles. The van der Waals surface area contributed by atoms with Crippen LogP contribution in [0, 0.1) is 0 Å². The molecule has 72 valence electrons. The lowest BCUT2D eigenvalue weighted by Crippen LogP contribution is -2.48. The lowest BCUT2D eigenvalue weighted by atomic mass is 10.2. The predicted molar refractivity (Wildman–Crippen MR) is 48.3 cm³/mol. The van der Waals surface area contributed by atoms with Gasteiger partial charge < -0.3 is 14.8 Å². The molecule has 0 spiro atoms. The summed E-state index contributed by atoms with van der Waals surface area (Å²) in [5.41, 5.74) is -0.0405. The van der Waals surface area contributed by atoms with E-state index in [-0.39, 0.29) is 5.60 Å². The van der Waals surface area contributed by atoms with Crippen molar-refractivity contribution in [3.63, 3.8) is 0 Å². The van der Waals surface area contributed by atoms with Gasteiger partial charge in [0, 0.05) is 13.1 Å². The van der Waals surface area contributed by atoms with Crippen LogP contribution in [0.2, 0.25) is 0 Å². The van der Waals surface area contributed by atoms with Gasteiger partial charge in [-0.25, -0.2) is 0 Å². The molecule has 0 atom stereocenters. The lowest BCUT2D eigenvalue weighted by molar-refractivity contribution is -0.0606. The minimum absolute atomic E-state index is 0.0405. The predicted octanol–water partition coefficient (Wildman–Crippen LogP) is 0.790. The van der Waals surface area contributed by atoms with Crippen LogP contribution in [0.1, 0.15) is 20.8 Å². The summed E-state index contributed by atoms with van der Waals surface area (Å²) in [6, 6.07) is 0. The first kappa shape index (κ1) is 9.96. The minimum atomic E-state index is -0.0405. The van der Waals surface area contributed by atoms with E-state index in [1.54, 1.807) is 0 Å². The summed E-state index contributed by atoms with van der Waals surface area (Å²) in [7, 11) is 0. The molecule has 0 radical (unpaired) electrons. The van der Waals surface area contributed by atoms with Gasteiger partial charge in [0.1, 0.15) is 0 Å². The highest BCUT2D eigenvalue weighted by molar-refractivity contribution is 4.74. The van der Waals surface area contributed by atoms with Gasteiger partial charge in [0.05, 0.1) is 24.9 Å². The van der Waals surface area contributed by atoms with Crippen LogP contribution < -0.4 is 5.32 Å². The molecule has 0 amide bonds. The maximum absolute atomic E-state index is 5.50. The Labute approximate surface area is 74.4 Å². The molecule has 0 unspecified atom stereocenters. The van der Waals surface area contributed by atoms with Crippen LogP contribution in [0.3, 0.4) is 0 Å². The molecular weight excluding hydrogens is 154 g/mol. The van der Waals surface area contributed by atoms with Crippen molar-refractivity contribution in [2.45, 2.75) is 32.5 Å². The van der Waals surface area contributed by atoms with E-state index in [9.17, 15) is 0 Å². The Morgan fingerprint density at radius 3 is 2.33 bits per heavy atom. The topological polar surface area (TPSA) is 30.5 Å². The standard InChI is InChI=1S/C9H19NO2/c1-9(2,3)12-5-4-11-8-6-10-7-8/h8,10H,4-7H2,1-3H3. The first-order valence-corrected chi connectivity index (χ1v) is 4.54. The van der Waals surface area contributed by atoms with E-state index in [1.165, 1.54) is 0 Å². The number of nitrogens with one attached hydrogen (secondary N) is 1. The van der Waals surface area contributed by atoms with Gasteiger partial charge in [-0.1, -0.05) is 0 Å². The Bertz CT molecular complexity index is 127. The van der Waals surface area contributed by atoms with Crippen molar-refractivity contribution >= 4 is 0 Å². The molecular formula is C9H19NO2. The van der Waals surface area contributed by atoms with Crippen molar-refractivity contribution in [1.29, 1.82) is 0 Å². The highest BCUT2D eigenvalue weighted by atomic mass is 16.5. The van der Waals surface area contributed by atoms with Crippen molar-refractivity contribution in [2.24, 2.45) is 0 Å². The fourth-order valence-electron chi connectivity index (χ4n) is 0.943. The normalized spacial score (nSPS) is 19.2. The number of hydrogen-bond donors (Lipinski definition) is 1. The molecule has 0 aliphatic carbocycles. The minimum Gasteiger partial charge on any atom is -0.373 e. The highest BCUT2D eigenvalue weighted by Crippen LogP contribution is 2.06. The summed E-state index contributed by atoms with van der Waals surface area (Å²) in [6.45, 7) is 9.56. The number of hydrogen-bond acceptors (Lipinski definition) is 3. The molecule has 12 heavy (non-hydrogen) atoms. The van der Waals surface area contributed by atoms with Crippen molar-refractivity contribution in [3.8, 4) is 0 Å². The van der Waals surface area contributed by atoms with Gasteiger partial charge in [0.2, 0.25) is 0 Å². The fourth-order valence-corrected chi connectivity index (χ4v) is 0.943. The first-order valence-electron chi connectivity index (χ1n) is 4.54.